The largest absolute Gasteiger partial charge is 0.444 e. The predicted molar refractivity (Wildman–Crippen MR) is 59.3 cm³/mol. The molecular formula is C10H9BrN2O2. The maximum absolute atomic E-state index is 10.2. The third-order valence-electron chi connectivity index (χ3n) is 2.17. The monoisotopic (exact) mass is 268 g/mol. The zero-order valence-corrected chi connectivity index (χ0v) is 9.64. The van der Waals surface area contributed by atoms with Crippen LogP contribution in [0, 0.1) is 0 Å². The van der Waals surface area contributed by atoms with Crippen molar-refractivity contribution in [3.8, 4) is 0 Å². The molecule has 2 aromatic rings. The van der Waals surface area contributed by atoms with Gasteiger partial charge in [0.05, 0.1) is 0 Å². The number of fused-ring (bicyclic) bond motifs is 1. The summed E-state index contributed by atoms with van der Waals surface area (Å²) >= 11 is 3.30. The number of hydrogen-bond donors (Lipinski definition) is 0. The van der Waals surface area contributed by atoms with Gasteiger partial charge in [-0.05, 0) is 41.1 Å². The summed E-state index contributed by atoms with van der Waals surface area (Å²) in [5, 5.41) is 1.01. The van der Waals surface area contributed by atoms with E-state index in [2.05, 4.69) is 20.9 Å². The summed E-state index contributed by atoms with van der Waals surface area (Å²) in [5.41, 5.74) is 0.790. The molecule has 78 valence electrons. The van der Waals surface area contributed by atoms with E-state index in [-0.39, 0.29) is 6.23 Å². The van der Waals surface area contributed by atoms with E-state index in [1.807, 2.05) is 24.4 Å². The van der Waals surface area contributed by atoms with E-state index in [1.165, 1.54) is 0 Å². The molecule has 0 aromatic carbocycles. The number of ether oxygens (including phenoxy) is 1. The SMILES string of the molecule is CC(OC=O)n1ccc2ccc(Br)nc21. The molecule has 0 saturated heterocycles. The molecule has 0 radical (unpaired) electrons. The van der Waals surface area contributed by atoms with Crippen molar-refractivity contribution in [3.63, 3.8) is 0 Å². The molecule has 1 unspecified atom stereocenters. The van der Waals surface area contributed by atoms with Gasteiger partial charge in [-0.15, -0.1) is 0 Å². The second-order valence-corrected chi connectivity index (χ2v) is 3.91. The zero-order chi connectivity index (χ0) is 10.8. The quantitative estimate of drug-likeness (QED) is 0.635. The first-order chi connectivity index (χ1) is 7.22. The third kappa shape index (κ3) is 1.87. The van der Waals surface area contributed by atoms with Gasteiger partial charge in [-0.1, -0.05) is 0 Å². The van der Waals surface area contributed by atoms with Crippen molar-refractivity contribution in [1.29, 1.82) is 0 Å². The highest BCUT2D eigenvalue weighted by Crippen LogP contribution is 2.20. The number of aromatic nitrogens is 2. The number of pyridine rings is 1. The summed E-state index contributed by atoms with van der Waals surface area (Å²) in [4.78, 5) is 14.6. The summed E-state index contributed by atoms with van der Waals surface area (Å²) in [6, 6.07) is 5.76. The van der Waals surface area contributed by atoms with Crippen LogP contribution in [0.1, 0.15) is 13.2 Å². The molecule has 0 bridgehead atoms. The van der Waals surface area contributed by atoms with Crippen molar-refractivity contribution < 1.29 is 9.53 Å². The highest BCUT2D eigenvalue weighted by atomic mass is 79.9. The first-order valence-electron chi connectivity index (χ1n) is 4.44. The Morgan fingerprint density at radius 3 is 3.07 bits per heavy atom. The highest BCUT2D eigenvalue weighted by molar-refractivity contribution is 9.10. The van der Waals surface area contributed by atoms with Crippen LogP contribution in [0.15, 0.2) is 29.0 Å². The van der Waals surface area contributed by atoms with Gasteiger partial charge in [0, 0.05) is 11.6 Å². The van der Waals surface area contributed by atoms with Crippen molar-refractivity contribution >= 4 is 33.4 Å². The molecule has 2 heterocycles. The van der Waals surface area contributed by atoms with Crippen LogP contribution >= 0.6 is 15.9 Å². The summed E-state index contributed by atoms with van der Waals surface area (Å²) in [6.45, 7) is 2.23. The van der Waals surface area contributed by atoms with Gasteiger partial charge in [-0.3, -0.25) is 9.36 Å². The second-order valence-electron chi connectivity index (χ2n) is 3.10. The Morgan fingerprint density at radius 1 is 1.53 bits per heavy atom. The van der Waals surface area contributed by atoms with Gasteiger partial charge in [-0.25, -0.2) is 4.98 Å². The van der Waals surface area contributed by atoms with Crippen LogP contribution in [0.3, 0.4) is 0 Å². The average molecular weight is 269 g/mol. The number of carbonyl (C=O) groups is 1. The van der Waals surface area contributed by atoms with Gasteiger partial charge >= 0.3 is 0 Å². The van der Waals surface area contributed by atoms with Crippen LogP contribution in [-0.4, -0.2) is 16.0 Å². The first kappa shape index (κ1) is 10.2. The maximum atomic E-state index is 10.2. The summed E-state index contributed by atoms with van der Waals surface area (Å²) in [6.07, 6.45) is 1.50. The van der Waals surface area contributed by atoms with Crippen molar-refractivity contribution in [1.82, 2.24) is 9.55 Å². The lowest BCUT2D eigenvalue weighted by Crippen LogP contribution is -2.07. The predicted octanol–water partition coefficient (Wildman–Crippen LogP) is 2.49. The van der Waals surface area contributed by atoms with E-state index in [0.29, 0.717) is 6.47 Å². The Balaban J connectivity index is 2.51. The minimum atomic E-state index is -0.346. The molecule has 0 saturated carbocycles. The molecule has 15 heavy (non-hydrogen) atoms. The Morgan fingerprint density at radius 2 is 2.33 bits per heavy atom. The van der Waals surface area contributed by atoms with Gasteiger partial charge < -0.3 is 4.74 Å². The van der Waals surface area contributed by atoms with Crippen molar-refractivity contribution in [2.75, 3.05) is 0 Å². The lowest BCUT2D eigenvalue weighted by Gasteiger charge is -2.12. The number of hydrogen-bond acceptors (Lipinski definition) is 3. The second kappa shape index (κ2) is 4.02. The molecule has 0 fully saturated rings. The Bertz CT molecular complexity index is 495. The van der Waals surface area contributed by atoms with E-state index in [9.17, 15) is 4.79 Å². The molecule has 0 aliphatic carbocycles. The van der Waals surface area contributed by atoms with E-state index < -0.39 is 0 Å². The summed E-state index contributed by atoms with van der Waals surface area (Å²) in [7, 11) is 0. The van der Waals surface area contributed by atoms with Crippen LogP contribution in [0.25, 0.3) is 11.0 Å². The fourth-order valence-corrected chi connectivity index (χ4v) is 1.74. The first-order valence-corrected chi connectivity index (χ1v) is 5.24. The molecule has 0 amide bonds. The van der Waals surface area contributed by atoms with Crippen molar-refractivity contribution in [2.45, 2.75) is 13.2 Å². The Labute approximate surface area is 95.0 Å². The topological polar surface area (TPSA) is 44.1 Å². The lowest BCUT2D eigenvalue weighted by atomic mass is 10.3. The van der Waals surface area contributed by atoms with E-state index >= 15 is 0 Å². The van der Waals surface area contributed by atoms with Crippen LogP contribution in [0.2, 0.25) is 0 Å². The molecule has 1 atom stereocenters. The minimum Gasteiger partial charge on any atom is -0.444 e. The van der Waals surface area contributed by atoms with E-state index in [4.69, 9.17) is 4.74 Å². The molecule has 0 spiro atoms. The maximum Gasteiger partial charge on any atom is 0.295 e. The fourth-order valence-electron chi connectivity index (χ4n) is 1.44. The summed E-state index contributed by atoms with van der Waals surface area (Å²) in [5.74, 6) is 0. The fraction of sp³-hybridized carbons (Fsp3) is 0.200. The molecule has 4 nitrogen and oxygen atoms in total. The zero-order valence-electron chi connectivity index (χ0n) is 8.05. The summed E-state index contributed by atoms with van der Waals surface area (Å²) < 4.78 is 7.42. The smallest absolute Gasteiger partial charge is 0.295 e. The highest BCUT2D eigenvalue weighted by Gasteiger charge is 2.09. The van der Waals surface area contributed by atoms with E-state index in [1.54, 1.807) is 11.5 Å². The minimum absolute atomic E-state index is 0.346. The number of nitrogens with zero attached hydrogens (tertiary/aromatic N) is 2. The van der Waals surface area contributed by atoms with Gasteiger partial charge in [0.15, 0.2) is 6.23 Å². The van der Waals surface area contributed by atoms with Gasteiger partial charge in [0.2, 0.25) is 0 Å². The number of rotatable bonds is 3. The normalized spacial score (nSPS) is 12.7. The lowest BCUT2D eigenvalue weighted by molar-refractivity contribution is -0.136. The van der Waals surface area contributed by atoms with Crippen LogP contribution in [0.4, 0.5) is 0 Å². The average Bonchev–Trinajstić information content (AvgIpc) is 2.60. The molecule has 2 rings (SSSR count). The molecule has 0 N–H and O–H groups in total. The molecule has 5 heteroatoms. The molecular weight excluding hydrogens is 260 g/mol. The number of carbonyl (C=O) groups excluding carboxylic acids is 1. The molecule has 2 aromatic heterocycles. The standard InChI is InChI=1S/C10H9BrN2O2/c1-7(15-6-14)13-5-4-8-2-3-9(11)12-10(8)13/h2-7H,1H3. The molecule has 0 aliphatic rings. The third-order valence-corrected chi connectivity index (χ3v) is 2.62. The number of halogens is 1. The van der Waals surface area contributed by atoms with Gasteiger partial charge in [0.1, 0.15) is 10.3 Å². The van der Waals surface area contributed by atoms with Gasteiger partial charge in [-0.2, -0.15) is 0 Å². The van der Waals surface area contributed by atoms with Crippen molar-refractivity contribution in [3.05, 3.63) is 29.0 Å². The van der Waals surface area contributed by atoms with Crippen LogP contribution < -0.4 is 0 Å². The Hall–Kier alpha value is -1.36. The van der Waals surface area contributed by atoms with Crippen LogP contribution in [0.5, 0.6) is 0 Å². The van der Waals surface area contributed by atoms with E-state index in [0.717, 1.165) is 15.6 Å². The Kier molecular flexibility index (Phi) is 2.73. The van der Waals surface area contributed by atoms with Crippen LogP contribution in [-0.2, 0) is 9.53 Å². The van der Waals surface area contributed by atoms with Crippen molar-refractivity contribution in [2.24, 2.45) is 0 Å². The molecule has 0 aliphatic heterocycles. The van der Waals surface area contributed by atoms with Gasteiger partial charge in [0.25, 0.3) is 6.47 Å².